The topological polar surface area (TPSA) is 66.8 Å². The van der Waals surface area contributed by atoms with Gasteiger partial charge in [0.1, 0.15) is 11.8 Å². The minimum absolute atomic E-state index is 0.0904. The smallest absolute Gasteiger partial charge is 0.410 e. The van der Waals surface area contributed by atoms with Crippen LogP contribution in [0, 0.1) is 5.92 Å². The number of amides is 1. The molecule has 0 unspecified atom stereocenters. The molecule has 2 atom stereocenters. The second-order valence-electron chi connectivity index (χ2n) is 5.59. The molecule has 1 saturated heterocycles. The maximum Gasteiger partial charge on any atom is 0.410 e. The first kappa shape index (κ1) is 14.7. The van der Waals surface area contributed by atoms with Crippen molar-refractivity contribution in [2.45, 2.75) is 45.4 Å². The van der Waals surface area contributed by atoms with E-state index in [0.29, 0.717) is 13.0 Å². The minimum Gasteiger partial charge on any atom is -0.481 e. The van der Waals surface area contributed by atoms with Gasteiger partial charge < -0.3 is 14.7 Å². The van der Waals surface area contributed by atoms with Crippen LogP contribution in [0.4, 0.5) is 9.18 Å². The molecule has 5 nitrogen and oxygen atoms in total. The number of ether oxygens (including phenoxy) is 1. The average molecular weight is 261 g/mol. The maximum absolute atomic E-state index is 13.7. The molecule has 18 heavy (non-hydrogen) atoms. The van der Waals surface area contributed by atoms with Gasteiger partial charge in [-0.05, 0) is 27.2 Å². The Morgan fingerprint density at radius 3 is 2.50 bits per heavy atom. The summed E-state index contributed by atoms with van der Waals surface area (Å²) in [4.78, 5) is 23.6. The predicted octanol–water partition coefficient (Wildman–Crippen LogP) is 2.06. The fourth-order valence-corrected chi connectivity index (χ4v) is 1.90. The van der Waals surface area contributed by atoms with Crippen molar-refractivity contribution in [2.24, 2.45) is 5.92 Å². The Morgan fingerprint density at radius 1 is 1.44 bits per heavy atom. The summed E-state index contributed by atoms with van der Waals surface area (Å²) in [5, 5.41) is 8.64. The van der Waals surface area contributed by atoms with Crippen molar-refractivity contribution in [1.82, 2.24) is 4.90 Å². The first-order chi connectivity index (χ1) is 8.19. The van der Waals surface area contributed by atoms with Crippen LogP contribution in [-0.4, -0.2) is 46.9 Å². The fourth-order valence-electron chi connectivity index (χ4n) is 1.90. The van der Waals surface area contributed by atoms with Crippen molar-refractivity contribution in [3.63, 3.8) is 0 Å². The highest BCUT2D eigenvalue weighted by atomic mass is 19.1. The number of alkyl halides is 1. The zero-order valence-corrected chi connectivity index (χ0v) is 11.0. The number of piperidine rings is 1. The molecule has 1 aliphatic rings. The molecule has 0 bridgehead atoms. The molecule has 1 rings (SSSR count). The van der Waals surface area contributed by atoms with Gasteiger partial charge in [0.25, 0.3) is 0 Å². The number of aliphatic carboxylic acids is 1. The number of rotatable bonds is 2. The van der Waals surface area contributed by atoms with E-state index in [9.17, 15) is 14.0 Å². The Labute approximate surface area is 106 Å². The predicted molar refractivity (Wildman–Crippen MR) is 63.1 cm³/mol. The molecule has 0 aliphatic carbocycles. The van der Waals surface area contributed by atoms with E-state index in [1.165, 1.54) is 4.90 Å². The van der Waals surface area contributed by atoms with Crippen LogP contribution in [0.5, 0.6) is 0 Å². The monoisotopic (exact) mass is 261 g/mol. The lowest BCUT2D eigenvalue weighted by molar-refractivity contribution is -0.139. The van der Waals surface area contributed by atoms with E-state index >= 15 is 0 Å². The number of halogens is 1. The second-order valence-corrected chi connectivity index (χ2v) is 5.59. The molecule has 1 heterocycles. The zero-order valence-electron chi connectivity index (χ0n) is 11.0. The summed E-state index contributed by atoms with van der Waals surface area (Å²) in [6.07, 6.45) is -1.68. The summed E-state index contributed by atoms with van der Waals surface area (Å²) in [5.74, 6) is -1.52. The van der Waals surface area contributed by atoms with Crippen molar-refractivity contribution in [2.75, 3.05) is 13.1 Å². The number of hydrogen-bond donors (Lipinski definition) is 1. The quantitative estimate of drug-likeness (QED) is 0.826. The Balaban J connectivity index is 2.50. The molecule has 0 radical (unpaired) electrons. The summed E-state index contributed by atoms with van der Waals surface area (Å²) in [7, 11) is 0. The molecule has 1 fully saturated rings. The standard InChI is InChI=1S/C12H20FNO4/c1-12(2,3)18-11(17)14-5-4-8(6-10(15)16)9(13)7-14/h8-9H,4-7H2,1-3H3,(H,15,16)/t8-,9+/m0/s1. The van der Waals surface area contributed by atoms with Crippen LogP contribution in [0.1, 0.15) is 33.6 Å². The van der Waals surface area contributed by atoms with Crippen LogP contribution in [-0.2, 0) is 9.53 Å². The lowest BCUT2D eigenvalue weighted by atomic mass is 9.92. The molecule has 0 aromatic heterocycles. The van der Waals surface area contributed by atoms with Crippen molar-refractivity contribution < 1.29 is 23.8 Å². The number of carboxylic acid groups (broad SMARTS) is 1. The molecule has 104 valence electrons. The molecule has 0 saturated carbocycles. The Hall–Kier alpha value is -1.33. The van der Waals surface area contributed by atoms with Gasteiger partial charge in [-0.3, -0.25) is 4.79 Å². The summed E-state index contributed by atoms with van der Waals surface area (Å²) in [6.45, 7) is 5.49. The molecular weight excluding hydrogens is 241 g/mol. The van der Waals surface area contributed by atoms with Crippen molar-refractivity contribution in [3.05, 3.63) is 0 Å². The minimum atomic E-state index is -1.30. The summed E-state index contributed by atoms with van der Waals surface area (Å²) >= 11 is 0. The van der Waals surface area contributed by atoms with Crippen molar-refractivity contribution >= 4 is 12.1 Å². The van der Waals surface area contributed by atoms with Gasteiger partial charge in [-0.2, -0.15) is 0 Å². The van der Waals surface area contributed by atoms with Gasteiger partial charge in [0, 0.05) is 12.5 Å². The largest absolute Gasteiger partial charge is 0.481 e. The van der Waals surface area contributed by atoms with E-state index in [1.54, 1.807) is 20.8 Å². The van der Waals surface area contributed by atoms with E-state index in [4.69, 9.17) is 9.84 Å². The lowest BCUT2D eigenvalue weighted by Crippen LogP contribution is -2.47. The molecule has 1 aliphatic heterocycles. The summed E-state index contributed by atoms with van der Waals surface area (Å²) < 4.78 is 18.9. The number of carbonyl (C=O) groups is 2. The number of hydrogen-bond acceptors (Lipinski definition) is 3. The van der Waals surface area contributed by atoms with Crippen LogP contribution >= 0.6 is 0 Å². The Morgan fingerprint density at radius 2 is 2.06 bits per heavy atom. The van der Waals surface area contributed by atoms with Crippen LogP contribution in [0.3, 0.4) is 0 Å². The van der Waals surface area contributed by atoms with Crippen molar-refractivity contribution in [1.29, 1.82) is 0 Å². The first-order valence-corrected chi connectivity index (χ1v) is 6.03. The Bertz CT molecular complexity index is 327. The highest BCUT2D eigenvalue weighted by molar-refractivity contribution is 5.69. The third-order valence-corrected chi connectivity index (χ3v) is 2.76. The SMILES string of the molecule is CC(C)(C)OC(=O)N1CC[C@@H](CC(=O)O)[C@H](F)C1. The normalized spacial score (nSPS) is 24.8. The van der Waals surface area contributed by atoms with Gasteiger partial charge in [-0.15, -0.1) is 0 Å². The van der Waals surface area contributed by atoms with Crippen LogP contribution in [0.15, 0.2) is 0 Å². The van der Waals surface area contributed by atoms with E-state index in [-0.39, 0.29) is 13.0 Å². The summed E-state index contributed by atoms with van der Waals surface area (Å²) in [5.41, 5.74) is -0.610. The Kier molecular flexibility index (Phi) is 4.53. The highest BCUT2D eigenvalue weighted by Crippen LogP contribution is 2.24. The van der Waals surface area contributed by atoms with E-state index in [1.807, 2.05) is 0 Å². The van der Waals surface area contributed by atoms with Gasteiger partial charge in [-0.25, -0.2) is 9.18 Å². The van der Waals surface area contributed by atoms with E-state index in [0.717, 1.165) is 0 Å². The summed E-state index contributed by atoms with van der Waals surface area (Å²) in [6, 6.07) is 0. The van der Waals surface area contributed by atoms with Gasteiger partial charge >= 0.3 is 12.1 Å². The van der Waals surface area contributed by atoms with Crippen LogP contribution < -0.4 is 0 Å². The number of nitrogens with zero attached hydrogens (tertiary/aromatic N) is 1. The van der Waals surface area contributed by atoms with E-state index < -0.39 is 29.8 Å². The van der Waals surface area contributed by atoms with Gasteiger partial charge in [-0.1, -0.05) is 0 Å². The zero-order chi connectivity index (χ0) is 13.9. The molecular formula is C12H20FNO4. The average Bonchev–Trinajstić information content (AvgIpc) is 2.17. The first-order valence-electron chi connectivity index (χ1n) is 6.03. The third kappa shape index (κ3) is 4.50. The lowest BCUT2D eigenvalue weighted by Gasteiger charge is -2.35. The van der Waals surface area contributed by atoms with Gasteiger partial charge in [0.2, 0.25) is 0 Å². The van der Waals surface area contributed by atoms with Gasteiger partial charge in [0.05, 0.1) is 13.0 Å². The maximum atomic E-state index is 13.7. The number of carboxylic acids is 1. The third-order valence-electron chi connectivity index (χ3n) is 2.76. The van der Waals surface area contributed by atoms with Crippen LogP contribution in [0.2, 0.25) is 0 Å². The molecule has 6 heteroatoms. The molecule has 0 aromatic rings. The number of carbonyl (C=O) groups excluding carboxylic acids is 1. The molecule has 0 spiro atoms. The molecule has 1 N–H and O–H groups in total. The molecule has 0 aromatic carbocycles. The van der Waals surface area contributed by atoms with Gasteiger partial charge in [0.15, 0.2) is 0 Å². The number of likely N-dealkylation sites (tertiary alicyclic amines) is 1. The van der Waals surface area contributed by atoms with E-state index in [2.05, 4.69) is 0 Å². The van der Waals surface area contributed by atoms with Crippen molar-refractivity contribution in [3.8, 4) is 0 Å². The highest BCUT2D eigenvalue weighted by Gasteiger charge is 2.34. The van der Waals surface area contributed by atoms with Crippen LogP contribution in [0.25, 0.3) is 0 Å². The molecule has 1 amide bonds. The fraction of sp³-hybridized carbons (Fsp3) is 0.833. The second kappa shape index (κ2) is 5.54.